The molecule has 7 bridgehead atoms. The van der Waals surface area contributed by atoms with Gasteiger partial charge in [-0.05, 0) is 31.7 Å². The van der Waals surface area contributed by atoms with E-state index in [1.165, 1.54) is 6.92 Å². The number of aliphatic hydroxyl groups is 2. The number of hydrogen-bond acceptors (Lipinski definition) is 8. The minimum absolute atomic E-state index is 0.0328. The summed E-state index contributed by atoms with van der Waals surface area (Å²) in [5, 5.41) is 24.6. The van der Waals surface area contributed by atoms with Crippen LogP contribution in [-0.2, 0) is 23.7 Å². The SMILES string of the molecule is CCN1C[C@]2(OC(C)=O)CC[C@H](O)[C@@]34C5C[C@H]6[C@@H](OC)C[C@@](O)(C5[C@H]6OC)[C@@H]([C@H]13)[C@@H](OC)C24. The van der Waals surface area contributed by atoms with Gasteiger partial charge in [0, 0.05) is 76.3 Å². The van der Waals surface area contributed by atoms with Crippen molar-refractivity contribution in [2.45, 2.75) is 81.2 Å². The summed E-state index contributed by atoms with van der Waals surface area (Å²) in [5.41, 5.74) is -2.27. The van der Waals surface area contributed by atoms with Crippen LogP contribution < -0.4 is 0 Å². The van der Waals surface area contributed by atoms with E-state index >= 15 is 0 Å². The van der Waals surface area contributed by atoms with E-state index in [4.69, 9.17) is 18.9 Å². The van der Waals surface area contributed by atoms with E-state index in [0.29, 0.717) is 25.8 Å². The molecule has 2 N–H and O–H groups in total. The molecule has 33 heavy (non-hydrogen) atoms. The summed E-state index contributed by atoms with van der Waals surface area (Å²) in [6, 6.07) is -0.0328. The number of rotatable bonds is 5. The minimum atomic E-state index is -1.04. The standard InChI is InChI=1S/C25H39NO7/c1-6-26-11-23(33-12(2)27)8-7-16(28)25-14-9-13-15(30-3)10-24(29,17(14)19(13)31-4)18(22(25)26)20(32-5)21(23)25/h13-22,28-29H,6-11H2,1-5H3/t13-,14?,15-,16-,17?,18+,19-,20+,21?,22-,23+,24+,25+/m0/s1. The van der Waals surface area contributed by atoms with Gasteiger partial charge in [0.05, 0.1) is 30.0 Å². The number of carbonyl (C=O) groups is 1. The molecule has 1 heterocycles. The zero-order chi connectivity index (χ0) is 23.5. The van der Waals surface area contributed by atoms with Gasteiger partial charge in [-0.15, -0.1) is 0 Å². The average molecular weight is 466 g/mol. The lowest BCUT2D eigenvalue weighted by Crippen LogP contribution is -2.77. The molecule has 1 saturated heterocycles. The number of aliphatic hydroxyl groups excluding tert-OH is 1. The second kappa shape index (κ2) is 7.14. The number of methoxy groups -OCH3 is 3. The van der Waals surface area contributed by atoms with Gasteiger partial charge in [-0.25, -0.2) is 0 Å². The predicted molar refractivity (Wildman–Crippen MR) is 117 cm³/mol. The topological polar surface area (TPSA) is 97.7 Å². The maximum absolute atomic E-state index is 12.7. The largest absolute Gasteiger partial charge is 0.457 e. The first-order valence-electron chi connectivity index (χ1n) is 12.7. The maximum Gasteiger partial charge on any atom is 0.303 e. The molecule has 186 valence electrons. The van der Waals surface area contributed by atoms with Crippen LogP contribution in [-0.4, -0.2) is 97.2 Å². The van der Waals surface area contributed by atoms with Crippen LogP contribution in [0, 0.1) is 35.0 Å². The van der Waals surface area contributed by atoms with Crippen molar-refractivity contribution < 1.29 is 34.0 Å². The van der Waals surface area contributed by atoms with Gasteiger partial charge in [0.2, 0.25) is 0 Å². The lowest BCUT2D eigenvalue weighted by Gasteiger charge is -2.68. The Bertz CT molecular complexity index is 840. The van der Waals surface area contributed by atoms with E-state index < -0.39 is 22.7 Å². The fourth-order valence-electron chi connectivity index (χ4n) is 10.7. The number of likely N-dealkylation sites (tertiary alicyclic amines) is 1. The Kier molecular flexibility index (Phi) is 4.91. The lowest BCUT2D eigenvalue weighted by molar-refractivity contribution is -0.285. The van der Waals surface area contributed by atoms with Crippen LogP contribution in [0.1, 0.15) is 39.5 Å². The second-order valence-corrected chi connectivity index (χ2v) is 11.6. The number of esters is 1. The summed E-state index contributed by atoms with van der Waals surface area (Å²) in [4.78, 5) is 14.8. The number of piperidine rings is 1. The van der Waals surface area contributed by atoms with Crippen molar-refractivity contribution in [3.05, 3.63) is 0 Å². The lowest BCUT2D eigenvalue weighted by atomic mass is 9.45. The third-order valence-corrected chi connectivity index (χ3v) is 11.1. The van der Waals surface area contributed by atoms with Crippen molar-refractivity contribution in [2.24, 2.45) is 35.0 Å². The van der Waals surface area contributed by atoms with Gasteiger partial charge in [-0.1, -0.05) is 6.92 Å². The molecule has 6 aliphatic rings. The molecule has 0 aromatic rings. The number of ether oxygens (including phenoxy) is 4. The summed E-state index contributed by atoms with van der Waals surface area (Å²) in [6.45, 7) is 5.00. The smallest absolute Gasteiger partial charge is 0.303 e. The molecule has 0 radical (unpaired) electrons. The molecule has 6 rings (SSSR count). The minimum Gasteiger partial charge on any atom is -0.457 e. The molecule has 6 fully saturated rings. The van der Waals surface area contributed by atoms with Crippen molar-refractivity contribution in [1.29, 1.82) is 0 Å². The molecule has 13 atom stereocenters. The van der Waals surface area contributed by atoms with E-state index in [2.05, 4.69) is 11.8 Å². The van der Waals surface area contributed by atoms with E-state index in [1.54, 1.807) is 21.3 Å². The zero-order valence-corrected chi connectivity index (χ0v) is 20.4. The molecule has 1 spiro atoms. The fourth-order valence-corrected chi connectivity index (χ4v) is 10.7. The number of fused-ring (bicyclic) bond motifs is 2. The van der Waals surface area contributed by atoms with Crippen molar-refractivity contribution in [1.82, 2.24) is 4.90 Å². The second-order valence-electron chi connectivity index (χ2n) is 11.6. The number of likely N-dealkylation sites (N-methyl/N-ethyl adjacent to an activating group) is 1. The summed E-state index contributed by atoms with van der Waals surface area (Å²) >= 11 is 0. The van der Waals surface area contributed by atoms with Crippen LogP contribution in [0.2, 0.25) is 0 Å². The fraction of sp³-hybridized carbons (Fsp3) is 0.960. The Morgan fingerprint density at radius 2 is 1.85 bits per heavy atom. The highest BCUT2D eigenvalue weighted by atomic mass is 16.6. The van der Waals surface area contributed by atoms with E-state index in [-0.39, 0.29) is 59.9 Å². The highest BCUT2D eigenvalue weighted by Gasteiger charge is 2.87. The average Bonchev–Trinajstić information content (AvgIpc) is 3.24. The molecule has 3 unspecified atom stereocenters. The van der Waals surface area contributed by atoms with Crippen LogP contribution >= 0.6 is 0 Å². The third kappa shape index (κ3) is 2.36. The first-order chi connectivity index (χ1) is 15.7. The number of carbonyl (C=O) groups excluding carboxylic acids is 1. The van der Waals surface area contributed by atoms with Gasteiger partial charge in [0.25, 0.3) is 0 Å². The highest BCUT2D eigenvalue weighted by molar-refractivity contribution is 5.67. The van der Waals surface area contributed by atoms with Crippen molar-refractivity contribution >= 4 is 5.97 Å². The summed E-state index contributed by atoms with van der Waals surface area (Å²) in [5.74, 6) is -0.528. The van der Waals surface area contributed by atoms with Crippen LogP contribution in [0.5, 0.6) is 0 Å². The predicted octanol–water partition coefficient (Wildman–Crippen LogP) is 0.825. The zero-order valence-electron chi connectivity index (χ0n) is 20.4. The van der Waals surface area contributed by atoms with Gasteiger partial charge >= 0.3 is 5.97 Å². The summed E-state index contributed by atoms with van der Waals surface area (Å²) in [7, 11) is 5.18. The van der Waals surface area contributed by atoms with Crippen LogP contribution in [0.25, 0.3) is 0 Å². The van der Waals surface area contributed by atoms with Gasteiger partial charge in [-0.3, -0.25) is 9.69 Å². The summed E-state index contributed by atoms with van der Waals surface area (Å²) in [6.07, 6.45) is 1.52. The molecule has 5 saturated carbocycles. The van der Waals surface area contributed by atoms with Gasteiger partial charge < -0.3 is 29.2 Å². The molecule has 8 heteroatoms. The van der Waals surface area contributed by atoms with Crippen LogP contribution in [0.3, 0.4) is 0 Å². The molecule has 5 aliphatic carbocycles. The Hall–Kier alpha value is -0.770. The first-order valence-corrected chi connectivity index (χ1v) is 12.7. The number of hydrogen-bond donors (Lipinski definition) is 2. The van der Waals surface area contributed by atoms with E-state index in [1.807, 2.05) is 0 Å². The first kappa shape index (κ1) is 22.7. The quantitative estimate of drug-likeness (QED) is 0.576. The van der Waals surface area contributed by atoms with Crippen LogP contribution in [0.15, 0.2) is 0 Å². The molecule has 0 amide bonds. The van der Waals surface area contributed by atoms with Crippen molar-refractivity contribution in [3.63, 3.8) is 0 Å². The maximum atomic E-state index is 12.7. The van der Waals surface area contributed by atoms with Crippen molar-refractivity contribution in [3.8, 4) is 0 Å². The Labute approximate surface area is 195 Å². The summed E-state index contributed by atoms with van der Waals surface area (Å²) < 4.78 is 24.5. The van der Waals surface area contributed by atoms with E-state index in [0.717, 1.165) is 13.0 Å². The normalized spacial score (nSPS) is 58.4. The third-order valence-electron chi connectivity index (χ3n) is 11.1. The van der Waals surface area contributed by atoms with Gasteiger partial charge in [0.1, 0.15) is 5.60 Å². The molecule has 8 nitrogen and oxygen atoms in total. The molecular formula is C25H39NO7. The van der Waals surface area contributed by atoms with E-state index in [9.17, 15) is 15.0 Å². The highest BCUT2D eigenvalue weighted by Crippen LogP contribution is 2.78. The molecule has 1 aliphatic heterocycles. The molecule has 0 aromatic carbocycles. The van der Waals surface area contributed by atoms with Crippen LogP contribution in [0.4, 0.5) is 0 Å². The molecular weight excluding hydrogens is 426 g/mol. The van der Waals surface area contributed by atoms with Gasteiger partial charge in [-0.2, -0.15) is 0 Å². The number of nitrogens with zero attached hydrogens (tertiary/aromatic N) is 1. The Morgan fingerprint density at radius 1 is 1.12 bits per heavy atom. The Balaban J connectivity index is 1.62. The van der Waals surface area contributed by atoms with Crippen molar-refractivity contribution in [2.75, 3.05) is 34.4 Å². The Morgan fingerprint density at radius 3 is 2.45 bits per heavy atom. The monoisotopic (exact) mass is 465 g/mol. The van der Waals surface area contributed by atoms with Gasteiger partial charge in [0.15, 0.2) is 0 Å². The molecule has 0 aromatic heterocycles.